The molecular formula is C27H20. The van der Waals surface area contributed by atoms with Gasteiger partial charge in [0.05, 0.1) is 0 Å². The van der Waals surface area contributed by atoms with Crippen molar-refractivity contribution in [3.8, 4) is 0 Å². The summed E-state index contributed by atoms with van der Waals surface area (Å²) in [4.78, 5) is 0. The Kier molecular flexibility index (Phi) is 3.95. The maximum atomic E-state index is 2.36. The summed E-state index contributed by atoms with van der Waals surface area (Å²) in [5, 5.41) is 0. The highest BCUT2D eigenvalue weighted by molar-refractivity contribution is 6.12. The van der Waals surface area contributed by atoms with E-state index in [0.29, 0.717) is 0 Å². The van der Waals surface area contributed by atoms with Crippen molar-refractivity contribution in [3.05, 3.63) is 137 Å². The summed E-state index contributed by atoms with van der Waals surface area (Å²) in [6.45, 7) is 0. The first-order valence-electron chi connectivity index (χ1n) is 9.44. The number of hydrogen-bond acceptors (Lipinski definition) is 0. The van der Waals surface area contributed by atoms with Gasteiger partial charge < -0.3 is 0 Å². The zero-order valence-electron chi connectivity index (χ0n) is 15.1. The average Bonchev–Trinajstić information content (AvgIpc) is 3.38. The van der Waals surface area contributed by atoms with E-state index >= 15 is 0 Å². The van der Waals surface area contributed by atoms with Gasteiger partial charge in [-0.25, -0.2) is 0 Å². The lowest BCUT2D eigenvalue weighted by atomic mass is 9.85. The Hall–Kier alpha value is -3.38. The highest BCUT2D eigenvalue weighted by Crippen LogP contribution is 2.46. The van der Waals surface area contributed by atoms with Crippen molar-refractivity contribution >= 4 is 17.2 Å². The molecule has 0 radical (unpaired) electrons. The Labute approximate surface area is 160 Å². The Morgan fingerprint density at radius 1 is 0.667 bits per heavy atom. The zero-order chi connectivity index (χ0) is 18.1. The molecule has 3 aromatic carbocycles. The molecule has 3 aromatic rings. The fraction of sp³-hybridized carbons (Fsp3) is 0.0370. The van der Waals surface area contributed by atoms with Gasteiger partial charge in [-0.05, 0) is 57.0 Å². The van der Waals surface area contributed by atoms with Crippen LogP contribution in [0.1, 0.15) is 28.7 Å². The molecule has 0 heteroatoms. The quantitative estimate of drug-likeness (QED) is 0.483. The topological polar surface area (TPSA) is 0 Å². The van der Waals surface area contributed by atoms with Gasteiger partial charge in [0, 0.05) is 0 Å². The van der Waals surface area contributed by atoms with Gasteiger partial charge >= 0.3 is 0 Å². The summed E-state index contributed by atoms with van der Waals surface area (Å²) in [7, 11) is 0. The molecule has 0 unspecified atom stereocenters. The van der Waals surface area contributed by atoms with Crippen LogP contribution in [0.4, 0.5) is 0 Å². The normalized spacial score (nSPS) is 14.7. The van der Waals surface area contributed by atoms with E-state index in [2.05, 4.69) is 109 Å². The van der Waals surface area contributed by atoms with Crippen LogP contribution in [0.3, 0.4) is 0 Å². The average molecular weight is 344 g/mol. The molecule has 0 bridgehead atoms. The lowest BCUT2D eigenvalue weighted by Crippen LogP contribution is -1.97. The molecule has 0 saturated heterocycles. The molecule has 0 fully saturated rings. The number of hydrogen-bond donors (Lipinski definition) is 0. The van der Waals surface area contributed by atoms with Gasteiger partial charge in [0.1, 0.15) is 0 Å². The second-order valence-electron chi connectivity index (χ2n) is 6.95. The predicted octanol–water partition coefficient (Wildman–Crippen LogP) is 6.93. The number of fused-ring (bicyclic) bond motifs is 1. The number of rotatable bonds is 3. The molecular weight excluding hydrogens is 324 g/mol. The Balaban J connectivity index is 1.84. The molecule has 0 spiro atoms. The highest BCUT2D eigenvalue weighted by Gasteiger charge is 2.26. The monoisotopic (exact) mass is 344 g/mol. The molecule has 128 valence electrons. The molecule has 0 N–H and O–H groups in total. The minimum absolute atomic E-state index is 1.00. The van der Waals surface area contributed by atoms with Crippen molar-refractivity contribution in [2.24, 2.45) is 0 Å². The largest absolute Gasteiger partial charge is 0.0801 e. The molecule has 2 aliphatic carbocycles. The zero-order valence-corrected chi connectivity index (χ0v) is 15.1. The van der Waals surface area contributed by atoms with Crippen LogP contribution >= 0.6 is 0 Å². The fourth-order valence-electron chi connectivity index (χ4n) is 4.06. The second kappa shape index (κ2) is 6.74. The maximum Gasteiger partial charge on any atom is -0.00177 e. The van der Waals surface area contributed by atoms with Crippen molar-refractivity contribution in [1.82, 2.24) is 0 Å². The number of benzene rings is 3. The van der Waals surface area contributed by atoms with E-state index in [1.165, 1.54) is 44.5 Å². The van der Waals surface area contributed by atoms with Crippen LogP contribution in [0, 0.1) is 0 Å². The van der Waals surface area contributed by atoms with Crippen molar-refractivity contribution in [3.63, 3.8) is 0 Å². The van der Waals surface area contributed by atoms with Crippen molar-refractivity contribution in [2.45, 2.75) is 6.42 Å². The van der Waals surface area contributed by atoms with E-state index in [4.69, 9.17) is 0 Å². The summed E-state index contributed by atoms with van der Waals surface area (Å²) < 4.78 is 0. The number of allylic oxidation sites excluding steroid dienone is 6. The van der Waals surface area contributed by atoms with Crippen LogP contribution in [0.5, 0.6) is 0 Å². The highest BCUT2D eigenvalue weighted by atomic mass is 14.3. The van der Waals surface area contributed by atoms with Gasteiger partial charge in [0.15, 0.2) is 0 Å². The molecule has 0 heterocycles. The Morgan fingerprint density at radius 2 is 1.30 bits per heavy atom. The third kappa shape index (κ3) is 2.80. The Bertz CT molecular complexity index is 1070. The van der Waals surface area contributed by atoms with E-state index < -0.39 is 0 Å². The fourth-order valence-corrected chi connectivity index (χ4v) is 4.06. The van der Waals surface area contributed by atoms with Gasteiger partial charge in [-0.3, -0.25) is 0 Å². The molecule has 0 aliphatic heterocycles. The standard InChI is InChI=1S/C27H20/c1-3-13-21(14-4-1)26(22-15-5-2-6-16-22)27-24-18-10-9-17-23(24)19-25(27)20-11-7-8-12-20/h1-11,13-19H,12H2. The summed E-state index contributed by atoms with van der Waals surface area (Å²) in [5.41, 5.74) is 10.5. The Morgan fingerprint density at radius 3 is 1.93 bits per heavy atom. The van der Waals surface area contributed by atoms with Crippen LogP contribution in [0.2, 0.25) is 0 Å². The molecule has 2 aliphatic rings. The second-order valence-corrected chi connectivity index (χ2v) is 6.95. The smallest absolute Gasteiger partial charge is 0.00177 e. The molecule has 0 amide bonds. The van der Waals surface area contributed by atoms with E-state index in [0.717, 1.165) is 6.42 Å². The first-order chi connectivity index (χ1) is 13.4. The van der Waals surface area contributed by atoms with Crippen molar-refractivity contribution < 1.29 is 0 Å². The first-order valence-corrected chi connectivity index (χ1v) is 9.44. The third-order valence-corrected chi connectivity index (χ3v) is 5.29. The van der Waals surface area contributed by atoms with Crippen LogP contribution < -0.4 is 0 Å². The summed E-state index contributed by atoms with van der Waals surface area (Å²) in [6, 6.07) is 30.3. The minimum Gasteiger partial charge on any atom is -0.0801 e. The van der Waals surface area contributed by atoms with E-state index in [1.807, 2.05) is 0 Å². The molecule has 0 aromatic heterocycles. The van der Waals surface area contributed by atoms with E-state index in [9.17, 15) is 0 Å². The lowest BCUT2D eigenvalue weighted by molar-refractivity contribution is 1.30. The summed E-state index contributed by atoms with van der Waals surface area (Å²) >= 11 is 0. The maximum absolute atomic E-state index is 2.36. The summed E-state index contributed by atoms with van der Waals surface area (Å²) in [6.07, 6.45) is 10.0. The first kappa shape index (κ1) is 15.8. The van der Waals surface area contributed by atoms with E-state index in [-0.39, 0.29) is 0 Å². The van der Waals surface area contributed by atoms with Crippen LogP contribution in [0.25, 0.3) is 17.2 Å². The van der Waals surface area contributed by atoms with Gasteiger partial charge in [-0.2, -0.15) is 0 Å². The molecule has 0 atom stereocenters. The predicted molar refractivity (Wildman–Crippen MR) is 115 cm³/mol. The molecule has 5 rings (SSSR count). The van der Waals surface area contributed by atoms with Gasteiger partial charge in [0.2, 0.25) is 0 Å². The van der Waals surface area contributed by atoms with Crippen molar-refractivity contribution in [1.29, 1.82) is 0 Å². The van der Waals surface area contributed by atoms with Crippen LogP contribution in [-0.2, 0) is 0 Å². The van der Waals surface area contributed by atoms with Crippen molar-refractivity contribution in [2.75, 3.05) is 0 Å². The molecule has 0 nitrogen and oxygen atoms in total. The lowest BCUT2D eigenvalue weighted by Gasteiger charge is -2.18. The minimum atomic E-state index is 1.00. The van der Waals surface area contributed by atoms with Crippen LogP contribution in [-0.4, -0.2) is 0 Å². The SMILES string of the molecule is C1=CCC(C2=Cc3ccccc3C2=C(c2ccccc2)c2ccccc2)=C1. The van der Waals surface area contributed by atoms with E-state index in [1.54, 1.807) is 0 Å². The molecule has 27 heavy (non-hydrogen) atoms. The van der Waals surface area contributed by atoms with Gasteiger partial charge in [0.25, 0.3) is 0 Å². The summed E-state index contributed by atoms with van der Waals surface area (Å²) in [5.74, 6) is 0. The van der Waals surface area contributed by atoms with Gasteiger partial charge in [-0.1, -0.05) is 103 Å². The van der Waals surface area contributed by atoms with Crippen LogP contribution in [0.15, 0.2) is 114 Å². The third-order valence-electron chi connectivity index (χ3n) is 5.29. The van der Waals surface area contributed by atoms with Gasteiger partial charge in [-0.15, -0.1) is 0 Å². The molecule has 0 saturated carbocycles.